The first-order chi connectivity index (χ1) is 9.24. The van der Waals surface area contributed by atoms with E-state index in [0.29, 0.717) is 0 Å². The third-order valence-corrected chi connectivity index (χ3v) is 5.19. The van der Waals surface area contributed by atoms with Crippen molar-refractivity contribution in [1.29, 1.82) is 0 Å². The summed E-state index contributed by atoms with van der Waals surface area (Å²) in [5, 5.41) is 6.95. The van der Waals surface area contributed by atoms with Gasteiger partial charge < -0.3 is 5.32 Å². The first-order valence-corrected chi connectivity index (χ1v) is 8.91. The van der Waals surface area contributed by atoms with Crippen molar-refractivity contribution < 1.29 is 0 Å². The Morgan fingerprint density at radius 3 is 3.11 bits per heavy atom. The van der Waals surface area contributed by atoms with Gasteiger partial charge in [-0.1, -0.05) is 13.8 Å². The smallest absolute Gasteiger partial charge is 0.194 e. The highest BCUT2D eigenvalue weighted by atomic mass is 32.2. The van der Waals surface area contributed by atoms with E-state index in [-0.39, 0.29) is 0 Å². The zero-order chi connectivity index (χ0) is 13.2. The van der Waals surface area contributed by atoms with Crippen LogP contribution < -0.4 is 5.32 Å². The maximum absolute atomic E-state index is 4.77. The van der Waals surface area contributed by atoms with Crippen LogP contribution in [0.15, 0.2) is 16.6 Å². The van der Waals surface area contributed by atoms with Crippen molar-refractivity contribution in [2.45, 2.75) is 50.7 Å². The topological polar surface area (TPSA) is 29.3 Å². The summed E-state index contributed by atoms with van der Waals surface area (Å²) in [5.41, 5.74) is 1.34. The van der Waals surface area contributed by atoms with E-state index in [9.17, 15) is 0 Å². The van der Waals surface area contributed by atoms with Crippen molar-refractivity contribution in [3.05, 3.63) is 17.3 Å². The fourth-order valence-electron chi connectivity index (χ4n) is 2.01. The zero-order valence-corrected chi connectivity index (χ0v) is 13.2. The fraction of sp³-hybridized carbons (Fsp3) is 0.643. The predicted molar refractivity (Wildman–Crippen MR) is 83.1 cm³/mol. The van der Waals surface area contributed by atoms with Crippen molar-refractivity contribution in [3.8, 4) is 0 Å². The maximum Gasteiger partial charge on any atom is 0.194 e. The Morgan fingerprint density at radius 2 is 2.37 bits per heavy atom. The largest absolute Gasteiger partial charge is 0.308 e. The third-order valence-electron chi connectivity index (χ3n) is 3.39. The number of thiazole rings is 1. The number of imidazole rings is 1. The second-order valence-corrected chi connectivity index (χ2v) is 7.56. The molecule has 2 aromatic rings. The first-order valence-electron chi connectivity index (χ1n) is 7.04. The molecule has 2 aromatic heterocycles. The first kappa shape index (κ1) is 13.5. The molecule has 0 radical (unpaired) electrons. The SMILES string of the molecule is CC(C)CCSc1nc2sccn2c1CNC1CC1. The summed E-state index contributed by atoms with van der Waals surface area (Å²) in [6.07, 6.45) is 6.07. The molecule has 0 saturated heterocycles. The molecular weight excluding hydrogens is 274 g/mol. The quantitative estimate of drug-likeness (QED) is 0.788. The van der Waals surface area contributed by atoms with E-state index in [2.05, 4.69) is 35.1 Å². The van der Waals surface area contributed by atoms with Crippen molar-refractivity contribution >= 4 is 28.1 Å². The summed E-state index contributed by atoms with van der Waals surface area (Å²) in [6, 6.07) is 0.748. The molecule has 0 spiro atoms. The molecule has 0 atom stereocenters. The van der Waals surface area contributed by atoms with Crippen LogP contribution in [0.25, 0.3) is 4.96 Å². The minimum absolute atomic E-state index is 0.748. The molecule has 104 valence electrons. The molecule has 0 amide bonds. The lowest BCUT2D eigenvalue weighted by Crippen LogP contribution is -2.17. The molecule has 1 aliphatic rings. The number of thioether (sulfide) groups is 1. The maximum atomic E-state index is 4.77. The van der Waals surface area contributed by atoms with Crippen molar-refractivity contribution in [2.24, 2.45) is 5.92 Å². The van der Waals surface area contributed by atoms with Gasteiger partial charge in [0.25, 0.3) is 0 Å². The van der Waals surface area contributed by atoms with E-state index < -0.39 is 0 Å². The Hall–Kier alpha value is -0.520. The van der Waals surface area contributed by atoms with E-state index >= 15 is 0 Å². The molecule has 0 bridgehead atoms. The van der Waals surface area contributed by atoms with Gasteiger partial charge in [-0.25, -0.2) is 4.98 Å². The van der Waals surface area contributed by atoms with Gasteiger partial charge in [0.2, 0.25) is 0 Å². The van der Waals surface area contributed by atoms with Crippen molar-refractivity contribution in [1.82, 2.24) is 14.7 Å². The molecule has 1 saturated carbocycles. The highest BCUT2D eigenvalue weighted by Crippen LogP contribution is 2.28. The highest BCUT2D eigenvalue weighted by Gasteiger charge is 2.22. The van der Waals surface area contributed by atoms with Crippen molar-refractivity contribution in [2.75, 3.05) is 5.75 Å². The number of nitrogens with one attached hydrogen (secondary N) is 1. The summed E-state index contributed by atoms with van der Waals surface area (Å²) in [4.78, 5) is 5.90. The van der Waals surface area contributed by atoms with Gasteiger partial charge in [0, 0.05) is 24.2 Å². The van der Waals surface area contributed by atoms with E-state index in [1.807, 2.05) is 11.8 Å². The Balaban J connectivity index is 1.72. The van der Waals surface area contributed by atoms with Crippen LogP contribution in [0.1, 0.15) is 38.8 Å². The molecular formula is C14H21N3S2. The second kappa shape index (κ2) is 5.85. The molecule has 0 aliphatic heterocycles. The van der Waals surface area contributed by atoms with E-state index in [1.165, 1.54) is 35.7 Å². The Bertz CT molecular complexity index is 540. The molecule has 1 N–H and O–H groups in total. The summed E-state index contributed by atoms with van der Waals surface area (Å²) < 4.78 is 2.25. The average molecular weight is 295 g/mol. The standard InChI is InChI=1S/C14H21N3S2/c1-10(2)5-7-18-13-12(9-15-11-3-4-11)17-6-8-19-14(17)16-13/h6,8,10-11,15H,3-5,7,9H2,1-2H3. The normalized spacial score (nSPS) is 15.7. The van der Waals surface area contributed by atoms with E-state index in [1.54, 1.807) is 11.3 Å². The lowest BCUT2D eigenvalue weighted by molar-refractivity contribution is 0.631. The van der Waals surface area contributed by atoms with Crippen LogP contribution >= 0.6 is 23.1 Å². The molecule has 5 heteroatoms. The van der Waals surface area contributed by atoms with Gasteiger partial charge >= 0.3 is 0 Å². The van der Waals surface area contributed by atoms with Crippen LogP contribution in [0.5, 0.6) is 0 Å². The Labute approximate surface area is 122 Å². The third kappa shape index (κ3) is 3.33. The van der Waals surface area contributed by atoms with Crippen molar-refractivity contribution in [3.63, 3.8) is 0 Å². The van der Waals surface area contributed by atoms with Gasteiger partial charge in [-0.15, -0.1) is 23.1 Å². The van der Waals surface area contributed by atoms with Gasteiger partial charge in [0.05, 0.1) is 5.69 Å². The minimum atomic E-state index is 0.748. The predicted octanol–water partition coefficient (Wildman–Crippen LogP) is 3.79. The van der Waals surface area contributed by atoms with Gasteiger partial charge in [0.15, 0.2) is 4.96 Å². The molecule has 0 unspecified atom stereocenters. The number of aromatic nitrogens is 2. The molecule has 0 aromatic carbocycles. The number of hydrogen-bond acceptors (Lipinski definition) is 4. The van der Waals surface area contributed by atoms with Gasteiger partial charge in [-0.3, -0.25) is 4.40 Å². The number of nitrogens with zero attached hydrogens (tertiary/aromatic N) is 2. The Kier molecular flexibility index (Phi) is 4.15. The van der Waals surface area contributed by atoms with E-state index in [0.717, 1.165) is 23.5 Å². The van der Waals surface area contributed by atoms with Crippen LogP contribution in [-0.2, 0) is 6.54 Å². The van der Waals surface area contributed by atoms with Crippen LogP contribution in [0.2, 0.25) is 0 Å². The zero-order valence-electron chi connectivity index (χ0n) is 11.6. The van der Waals surface area contributed by atoms with Gasteiger partial charge in [-0.2, -0.15) is 0 Å². The second-order valence-electron chi connectivity index (χ2n) is 5.61. The summed E-state index contributed by atoms with van der Waals surface area (Å²) in [7, 11) is 0. The minimum Gasteiger partial charge on any atom is -0.308 e. The summed E-state index contributed by atoms with van der Waals surface area (Å²) >= 11 is 3.64. The van der Waals surface area contributed by atoms with Crippen LogP contribution in [-0.4, -0.2) is 21.2 Å². The molecule has 19 heavy (non-hydrogen) atoms. The lowest BCUT2D eigenvalue weighted by Gasteiger charge is -2.06. The van der Waals surface area contributed by atoms with Crippen LogP contribution in [0.4, 0.5) is 0 Å². The monoisotopic (exact) mass is 295 g/mol. The lowest BCUT2D eigenvalue weighted by atomic mass is 10.2. The number of rotatable bonds is 7. The summed E-state index contributed by atoms with van der Waals surface area (Å²) in [5.74, 6) is 1.93. The van der Waals surface area contributed by atoms with Gasteiger partial charge in [0.1, 0.15) is 5.03 Å². The van der Waals surface area contributed by atoms with Gasteiger partial charge in [-0.05, 0) is 30.9 Å². The number of fused-ring (bicyclic) bond motifs is 1. The summed E-state index contributed by atoms with van der Waals surface area (Å²) in [6.45, 7) is 5.51. The highest BCUT2D eigenvalue weighted by molar-refractivity contribution is 7.99. The Morgan fingerprint density at radius 1 is 1.53 bits per heavy atom. The molecule has 3 nitrogen and oxygen atoms in total. The van der Waals surface area contributed by atoms with E-state index in [4.69, 9.17) is 4.98 Å². The molecule has 2 heterocycles. The number of hydrogen-bond donors (Lipinski definition) is 1. The molecule has 1 aliphatic carbocycles. The van der Waals surface area contributed by atoms with Crippen LogP contribution in [0, 0.1) is 5.92 Å². The molecule has 1 fully saturated rings. The fourth-order valence-corrected chi connectivity index (χ4v) is 4.07. The average Bonchev–Trinajstić information content (AvgIpc) is 2.97. The molecule has 3 rings (SSSR count). The van der Waals surface area contributed by atoms with Crippen LogP contribution in [0.3, 0.4) is 0 Å².